The van der Waals surface area contributed by atoms with Crippen LogP contribution in [-0.4, -0.2) is 9.55 Å². The van der Waals surface area contributed by atoms with Crippen LogP contribution in [0.15, 0.2) is 36.4 Å². The summed E-state index contributed by atoms with van der Waals surface area (Å²) < 4.78 is 28.3. The number of imidazole rings is 1. The van der Waals surface area contributed by atoms with Crippen molar-refractivity contribution in [3.05, 3.63) is 53.1 Å². The van der Waals surface area contributed by atoms with E-state index in [1.807, 2.05) is 0 Å². The monoisotopic (exact) mass is 279 g/mol. The maximum atomic E-state index is 13.5. The molecule has 3 aromatic rings. The second-order valence-electron chi connectivity index (χ2n) is 4.04. The third kappa shape index (κ3) is 1.92. The average Bonchev–Trinajstić information content (AvgIpc) is 2.68. The fourth-order valence-corrected chi connectivity index (χ4v) is 2.08. The van der Waals surface area contributed by atoms with E-state index in [1.165, 1.54) is 34.9 Å². The first-order chi connectivity index (χ1) is 9.06. The molecule has 0 saturated carbocycles. The molecule has 2 N–H and O–H groups in total. The van der Waals surface area contributed by atoms with Gasteiger partial charge in [-0.3, -0.25) is 4.57 Å². The normalized spacial score (nSPS) is 11.1. The average molecular weight is 280 g/mol. The lowest BCUT2D eigenvalue weighted by Gasteiger charge is -2.07. The van der Waals surface area contributed by atoms with Crippen molar-refractivity contribution < 1.29 is 8.78 Å². The van der Waals surface area contributed by atoms with Gasteiger partial charge in [-0.2, -0.15) is 0 Å². The van der Waals surface area contributed by atoms with Gasteiger partial charge in [0, 0.05) is 6.07 Å². The smallest absolute Gasteiger partial charge is 0.205 e. The lowest BCUT2D eigenvalue weighted by Crippen LogP contribution is -2.01. The first-order valence-electron chi connectivity index (χ1n) is 5.45. The summed E-state index contributed by atoms with van der Waals surface area (Å²) in [6.07, 6.45) is 0. The number of nitrogen functional groups attached to an aromatic ring is 1. The molecule has 0 aliphatic heterocycles. The summed E-state index contributed by atoms with van der Waals surface area (Å²) in [4.78, 5) is 4.10. The van der Waals surface area contributed by atoms with Gasteiger partial charge in [0.2, 0.25) is 5.95 Å². The quantitative estimate of drug-likeness (QED) is 0.740. The summed E-state index contributed by atoms with van der Waals surface area (Å²) in [5.41, 5.74) is 7.24. The minimum Gasteiger partial charge on any atom is -0.369 e. The zero-order valence-corrected chi connectivity index (χ0v) is 10.3. The van der Waals surface area contributed by atoms with Crippen LogP contribution in [0.5, 0.6) is 0 Å². The Kier molecular flexibility index (Phi) is 2.64. The Labute approximate surface area is 112 Å². The van der Waals surface area contributed by atoms with Gasteiger partial charge in [0.15, 0.2) is 0 Å². The van der Waals surface area contributed by atoms with Crippen LogP contribution in [0.3, 0.4) is 0 Å². The largest absolute Gasteiger partial charge is 0.369 e. The number of anilines is 1. The molecular weight excluding hydrogens is 272 g/mol. The third-order valence-electron chi connectivity index (χ3n) is 2.80. The van der Waals surface area contributed by atoms with Crippen LogP contribution in [0.2, 0.25) is 5.02 Å². The van der Waals surface area contributed by atoms with Crippen molar-refractivity contribution in [2.24, 2.45) is 0 Å². The molecule has 0 saturated heterocycles. The first-order valence-corrected chi connectivity index (χ1v) is 5.83. The Hall–Kier alpha value is -2.14. The molecule has 0 amide bonds. The molecule has 0 spiro atoms. The Morgan fingerprint density at radius 3 is 2.63 bits per heavy atom. The van der Waals surface area contributed by atoms with Crippen molar-refractivity contribution in [1.29, 1.82) is 0 Å². The van der Waals surface area contributed by atoms with Gasteiger partial charge in [0.1, 0.15) is 11.6 Å². The van der Waals surface area contributed by atoms with E-state index in [2.05, 4.69) is 4.98 Å². The number of hydrogen-bond acceptors (Lipinski definition) is 2. The molecule has 96 valence electrons. The summed E-state index contributed by atoms with van der Waals surface area (Å²) in [5, 5.41) is 0.0120. The lowest BCUT2D eigenvalue weighted by atomic mass is 10.2. The molecule has 0 atom stereocenters. The number of rotatable bonds is 1. The molecule has 19 heavy (non-hydrogen) atoms. The minimum atomic E-state index is -0.572. The van der Waals surface area contributed by atoms with Crippen molar-refractivity contribution in [1.82, 2.24) is 9.55 Å². The van der Waals surface area contributed by atoms with Crippen molar-refractivity contribution in [2.75, 3.05) is 5.73 Å². The van der Waals surface area contributed by atoms with E-state index in [1.54, 1.807) is 6.07 Å². The summed E-state index contributed by atoms with van der Waals surface area (Å²) in [6.45, 7) is 0. The van der Waals surface area contributed by atoms with Crippen LogP contribution >= 0.6 is 11.6 Å². The van der Waals surface area contributed by atoms with Crippen LogP contribution in [-0.2, 0) is 0 Å². The van der Waals surface area contributed by atoms with Crippen LogP contribution in [0.4, 0.5) is 14.7 Å². The van der Waals surface area contributed by atoms with Crippen molar-refractivity contribution in [3.8, 4) is 5.69 Å². The molecule has 0 bridgehead atoms. The molecular formula is C13H8ClF2N3. The number of nitrogens with two attached hydrogens (primary N) is 1. The van der Waals surface area contributed by atoms with E-state index in [0.29, 0.717) is 16.7 Å². The maximum absolute atomic E-state index is 13.5. The third-order valence-corrected chi connectivity index (χ3v) is 3.11. The van der Waals surface area contributed by atoms with Crippen molar-refractivity contribution >= 4 is 28.6 Å². The number of hydrogen-bond donors (Lipinski definition) is 1. The fourth-order valence-electron chi connectivity index (χ4n) is 1.96. The molecule has 6 heteroatoms. The number of benzene rings is 2. The van der Waals surface area contributed by atoms with E-state index in [9.17, 15) is 8.78 Å². The summed E-state index contributed by atoms with van der Waals surface area (Å²) in [7, 11) is 0. The first kappa shape index (κ1) is 11.9. The second-order valence-corrected chi connectivity index (χ2v) is 4.44. The Balaban J connectivity index is 2.31. The van der Waals surface area contributed by atoms with Crippen molar-refractivity contribution in [3.63, 3.8) is 0 Å². The van der Waals surface area contributed by atoms with Gasteiger partial charge < -0.3 is 5.73 Å². The topological polar surface area (TPSA) is 43.8 Å². The Morgan fingerprint density at radius 2 is 1.89 bits per heavy atom. The number of nitrogens with zero attached hydrogens (tertiary/aromatic N) is 2. The highest BCUT2D eigenvalue weighted by molar-refractivity contribution is 6.30. The molecule has 1 aromatic heterocycles. The minimum absolute atomic E-state index is 0.0120. The van der Waals surface area contributed by atoms with Crippen LogP contribution in [0.1, 0.15) is 0 Å². The molecule has 2 aromatic carbocycles. The summed E-state index contributed by atoms with van der Waals surface area (Å²) in [5.74, 6) is -0.831. The molecule has 3 rings (SSSR count). The molecule has 0 aliphatic carbocycles. The number of fused-ring (bicyclic) bond motifs is 1. The highest BCUT2D eigenvalue weighted by Crippen LogP contribution is 2.26. The second kappa shape index (κ2) is 4.20. The SMILES string of the molecule is Nc1nc2ccc(F)cc2n1-c1ccc(Cl)c(F)c1. The number of halogens is 3. The van der Waals surface area contributed by atoms with E-state index in [-0.39, 0.29) is 11.0 Å². The highest BCUT2D eigenvalue weighted by Gasteiger charge is 2.12. The van der Waals surface area contributed by atoms with E-state index >= 15 is 0 Å². The molecule has 1 heterocycles. The van der Waals surface area contributed by atoms with Gasteiger partial charge in [0.05, 0.1) is 21.7 Å². The predicted molar refractivity (Wildman–Crippen MR) is 70.4 cm³/mol. The molecule has 0 unspecified atom stereocenters. The van der Waals surface area contributed by atoms with E-state index in [4.69, 9.17) is 17.3 Å². The van der Waals surface area contributed by atoms with Gasteiger partial charge in [-0.1, -0.05) is 11.6 Å². The molecule has 3 nitrogen and oxygen atoms in total. The van der Waals surface area contributed by atoms with Gasteiger partial charge in [-0.05, 0) is 30.3 Å². The molecule has 0 fully saturated rings. The van der Waals surface area contributed by atoms with Crippen molar-refractivity contribution in [2.45, 2.75) is 0 Å². The zero-order chi connectivity index (χ0) is 13.6. The summed E-state index contributed by atoms with van der Waals surface area (Å²) in [6, 6.07) is 8.34. The van der Waals surface area contributed by atoms with Gasteiger partial charge in [-0.15, -0.1) is 0 Å². The highest BCUT2D eigenvalue weighted by atomic mass is 35.5. The van der Waals surface area contributed by atoms with Gasteiger partial charge >= 0.3 is 0 Å². The zero-order valence-electron chi connectivity index (χ0n) is 9.57. The lowest BCUT2D eigenvalue weighted by molar-refractivity contribution is 0.627. The van der Waals surface area contributed by atoms with E-state index in [0.717, 1.165) is 0 Å². The van der Waals surface area contributed by atoms with E-state index < -0.39 is 11.6 Å². The Morgan fingerprint density at radius 1 is 1.11 bits per heavy atom. The van der Waals surface area contributed by atoms with Crippen LogP contribution < -0.4 is 5.73 Å². The fraction of sp³-hybridized carbons (Fsp3) is 0. The van der Waals surface area contributed by atoms with Gasteiger partial charge in [0.25, 0.3) is 0 Å². The Bertz CT molecular complexity index is 783. The predicted octanol–water partition coefficient (Wildman–Crippen LogP) is 3.54. The summed E-state index contributed by atoms with van der Waals surface area (Å²) >= 11 is 5.63. The maximum Gasteiger partial charge on any atom is 0.205 e. The van der Waals surface area contributed by atoms with Gasteiger partial charge in [-0.25, -0.2) is 13.8 Å². The van der Waals surface area contributed by atoms with Crippen LogP contribution in [0, 0.1) is 11.6 Å². The van der Waals surface area contributed by atoms with Crippen LogP contribution in [0.25, 0.3) is 16.7 Å². The molecule has 0 aliphatic rings. The number of aromatic nitrogens is 2. The standard InChI is InChI=1S/C13H8ClF2N3/c14-9-3-2-8(6-10(9)16)19-12-5-7(15)1-4-11(12)18-13(19)17/h1-6H,(H2,17,18). The molecule has 0 radical (unpaired) electrons.